The first-order valence-corrected chi connectivity index (χ1v) is 8.84. The molecule has 0 unspecified atom stereocenters. The van der Waals surface area contributed by atoms with E-state index in [1.165, 1.54) is 12.4 Å². The molecule has 2 N–H and O–H groups in total. The zero-order valence-electron chi connectivity index (χ0n) is 14.9. The highest BCUT2D eigenvalue weighted by atomic mass is 16.1. The van der Waals surface area contributed by atoms with Crippen LogP contribution in [0.4, 0.5) is 5.82 Å². The highest BCUT2D eigenvalue weighted by Gasteiger charge is 2.15. The number of nitrogens with two attached hydrogens (primary N) is 1. The molecule has 5 aromatic rings. The maximum Gasteiger partial charge on any atom is 0.194 e. The predicted molar refractivity (Wildman–Crippen MR) is 108 cm³/mol. The predicted octanol–water partition coefficient (Wildman–Crippen LogP) is 2.76. The van der Waals surface area contributed by atoms with Crippen LogP contribution in [0.2, 0.25) is 0 Å². The lowest BCUT2D eigenvalue weighted by Crippen LogP contribution is -2.14. The molecule has 3 heterocycles. The first-order valence-electron chi connectivity index (χ1n) is 8.84. The lowest BCUT2D eigenvalue weighted by atomic mass is 10.2. The summed E-state index contributed by atoms with van der Waals surface area (Å²) in [6.45, 7) is 0.427. The Bertz CT molecular complexity index is 1370. The Morgan fingerprint density at radius 1 is 0.929 bits per heavy atom. The van der Waals surface area contributed by atoms with Gasteiger partial charge in [0.25, 0.3) is 0 Å². The van der Waals surface area contributed by atoms with Crippen molar-refractivity contribution < 1.29 is 0 Å². The van der Waals surface area contributed by atoms with E-state index in [0.29, 0.717) is 17.6 Å². The second kappa shape index (κ2) is 6.31. The standard InChI is InChI=1S/C21H16N6O/c22-20-19-17(28)10-11-26(21(19)24-13-23-20)12-18-25-15-8-4-5-9-16(15)27(18)14-6-2-1-3-7-14/h1-11,13H,12H2,(H2,22,23,24). The van der Waals surface area contributed by atoms with Gasteiger partial charge < -0.3 is 10.3 Å². The van der Waals surface area contributed by atoms with Gasteiger partial charge in [-0.25, -0.2) is 15.0 Å². The zero-order chi connectivity index (χ0) is 19.1. The van der Waals surface area contributed by atoms with Crippen LogP contribution >= 0.6 is 0 Å². The van der Waals surface area contributed by atoms with Crippen molar-refractivity contribution in [1.82, 2.24) is 24.1 Å². The van der Waals surface area contributed by atoms with E-state index in [9.17, 15) is 4.79 Å². The van der Waals surface area contributed by atoms with Gasteiger partial charge in [0.05, 0.1) is 17.6 Å². The summed E-state index contributed by atoms with van der Waals surface area (Å²) in [6, 6.07) is 19.5. The number of aromatic nitrogens is 5. The molecule has 2 aromatic carbocycles. The van der Waals surface area contributed by atoms with Crippen molar-refractivity contribution in [2.24, 2.45) is 0 Å². The SMILES string of the molecule is Nc1ncnc2c1c(=O)ccn2Cc1nc2ccccc2n1-c1ccccc1. The van der Waals surface area contributed by atoms with Crippen LogP contribution in [0.25, 0.3) is 27.8 Å². The fourth-order valence-corrected chi connectivity index (χ4v) is 3.48. The number of benzene rings is 2. The Kier molecular flexibility index (Phi) is 3.65. The van der Waals surface area contributed by atoms with Gasteiger partial charge in [-0.05, 0) is 24.3 Å². The molecule has 0 spiro atoms. The van der Waals surface area contributed by atoms with Gasteiger partial charge in [-0.15, -0.1) is 0 Å². The summed E-state index contributed by atoms with van der Waals surface area (Å²) in [7, 11) is 0. The molecule has 0 amide bonds. The number of anilines is 1. The quantitative estimate of drug-likeness (QED) is 0.529. The van der Waals surface area contributed by atoms with Crippen LogP contribution in [0.1, 0.15) is 5.82 Å². The monoisotopic (exact) mass is 368 g/mol. The van der Waals surface area contributed by atoms with Crippen LogP contribution in [0.3, 0.4) is 0 Å². The van der Waals surface area contributed by atoms with Crippen LogP contribution in [0.15, 0.2) is 78.0 Å². The fraction of sp³-hybridized carbons (Fsp3) is 0.0476. The molecule has 0 saturated carbocycles. The van der Waals surface area contributed by atoms with E-state index in [4.69, 9.17) is 10.7 Å². The van der Waals surface area contributed by atoms with Gasteiger partial charge in [-0.1, -0.05) is 30.3 Å². The topological polar surface area (TPSA) is 91.6 Å². The first-order chi connectivity index (χ1) is 13.7. The van der Waals surface area contributed by atoms with Crippen molar-refractivity contribution in [2.75, 3.05) is 5.73 Å². The number of pyridine rings is 1. The Labute approximate surface area is 159 Å². The molecule has 5 rings (SSSR count). The van der Waals surface area contributed by atoms with E-state index in [-0.39, 0.29) is 11.2 Å². The molecule has 7 heteroatoms. The molecular weight excluding hydrogens is 352 g/mol. The molecule has 0 aliphatic rings. The average Bonchev–Trinajstić information content (AvgIpc) is 3.08. The van der Waals surface area contributed by atoms with Crippen LogP contribution in [-0.4, -0.2) is 24.1 Å². The van der Waals surface area contributed by atoms with E-state index in [1.54, 1.807) is 6.20 Å². The maximum atomic E-state index is 12.2. The van der Waals surface area contributed by atoms with E-state index < -0.39 is 0 Å². The summed E-state index contributed by atoms with van der Waals surface area (Å²) in [5.41, 5.74) is 9.15. The van der Waals surface area contributed by atoms with Gasteiger partial charge in [0.1, 0.15) is 29.0 Å². The van der Waals surface area contributed by atoms with E-state index in [2.05, 4.69) is 14.5 Å². The molecule has 0 atom stereocenters. The van der Waals surface area contributed by atoms with Gasteiger partial charge in [-0.2, -0.15) is 0 Å². The van der Waals surface area contributed by atoms with Crippen LogP contribution in [0.5, 0.6) is 0 Å². The fourth-order valence-electron chi connectivity index (χ4n) is 3.48. The van der Waals surface area contributed by atoms with Crippen molar-refractivity contribution in [3.63, 3.8) is 0 Å². The van der Waals surface area contributed by atoms with Gasteiger partial charge in [0, 0.05) is 18.0 Å². The number of nitrogens with zero attached hydrogens (tertiary/aromatic N) is 5. The highest BCUT2D eigenvalue weighted by Crippen LogP contribution is 2.23. The number of rotatable bonds is 3. The smallest absolute Gasteiger partial charge is 0.194 e. The zero-order valence-corrected chi connectivity index (χ0v) is 14.9. The van der Waals surface area contributed by atoms with Crippen molar-refractivity contribution in [3.8, 4) is 5.69 Å². The largest absolute Gasteiger partial charge is 0.383 e. The number of nitrogen functional groups attached to an aromatic ring is 1. The Morgan fingerprint density at radius 2 is 1.71 bits per heavy atom. The summed E-state index contributed by atoms with van der Waals surface area (Å²) in [4.78, 5) is 25.3. The van der Waals surface area contributed by atoms with Crippen molar-refractivity contribution in [3.05, 3.63) is 89.2 Å². The Balaban J connectivity index is 1.74. The van der Waals surface area contributed by atoms with Crippen LogP contribution < -0.4 is 11.2 Å². The van der Waals surface area contributed by atoms with E-state index >= 15 is 0 Å². The summed E-state index contributed by atoms with van der Waals surface area (Å²) < 4.78 is 3.99. The van der Waals surface area contributed by atoms with Crippen molar-refractivity contribution >= 4 is 27.9 Å². The lowest BCUT2D eigenvalue weighted by Gasteiger charge is -2.13. The second-order valence-electron chi connectivity index (χ2n) is 6.45. The maximum absolute atomic E-state index is 12.2. The van der Waals surface area contributed by atoms with Crippen molar-refractivity contribution in [1.29, 1.82) is 0 Å². The first kappa shape index (κ1) is 16.2. The Hall–Kier alpha value is -4.00. The molecule has 7 nitrogen and oxygen atoms in total. The lowest BCUT2D eigenvalue weighted by molar-refractivity contribution is 0.745. The van der Waals surface area contributed by atoms with Gasteiger partial charge in [0.15, 0.2) is 5.43 Å². The molecule has 0 fully saturated rings. The summed E-state index contributed by atoms with van der Waals surface area (Å²) >= 11 is 0. The third kappa shape index (κ3) is 2.52. The van der Waals surface area contributed by atoms with Gasteiger partial charge in [-0.3, -0.25) is 9.36 Å². The molecular formula is C21H16N6O. The molecule has 0 aliphatic heterocycles. The molecule has 0 aliphatic carbocycles. The molecule has 0 bridgehead atoms. The van der Waals surface area contributed by atoms with E-state index in [0.717, 1.165) is 22.5 Å². The molecule has 0 radical (unpaired) electrons. The summed E-state index contributed by atoms with van der Waals surface area (Å²) in [5, 5.41) is 0.326. The van der Waals surface area contributed by atoms with Crippen molar-refractivity contribution in [2.45, 2.75) is 6.54 Å². The van der Waals surface area contributed by atoms with E-state index in [1.807, 2.05) is 59.2 Å². The number of imidazole rings is 1. The minimum Gasteiger partial charge on any atom is -0.383 e. The molecule has 3 aromatic heterocycles. The minimum atomic E-state index is -0.194. The number of hydrogen-bond acceptors (Lipinski definition) is 5. The summed E-state index contributed by atoms with van der Waals surface area (Å²) in [5.74, 6) is 1.01. The molecule has 136 valence electrons. The second-order valence-corrected chi connectivity index (χ2v) is 6.45. The molecule has 28 heavy (non-hydrogen) atoms. The Morgan fingerprint density at radius 3 is 2.57 bits per heavy atom. The number of fused-ring (bicyclic) bond motifs is 2. The van der Waals surface area contributed by atoms with Gasteiger partial charge >= 0.3 is 0 Å². The normalized spacial score (nSPS) is 11.3. The van der Waals surface area contributed by atoms with Crippen LogP contribution in [0, 0.1) is 0 Å². The third-order valence-electron chi connectivity index (χ3n) is 4.74. The highest BCUT2D eigenvalue weighted by molar-refractivity contribution is 5.85. The van der Waals surface area contributed by atoms with Gasteiger partial charge in [0.2, 0.25) is 0 Å². The third-order valence-corrected chi connectivity index (χ3v) is 4.74. The molecule has 0 saturated heterocycles. The van der Waals surface area contributed by atoms with Crippen LogP contribution in [-0.2, 0) is 6.54 Å². The number of hydrogen-bond donors (Lipinski definition) is 1. The summed E-state index contributed by atoms with van der Waals surface area (Å²) in [6.07, 6.45) is 3.08. The number of para-hydroxylation sites is 3. The average molecular weight is 368 g/mol. The minimum absolute atomic E-state index is 0.181.